The number of ether oxygens (including phenoxy) is 1. The highest BCUT2D eigenvalue weighted by Crippen LogP contribution is 2.35. The Morgan fingerprint density at radius 3 is 2.64 bits per heavy atom. The first-order valence-electron chi connectivity index (χ1n) is 9.32. The first kappa shape index (κ1) is 20.4. The minimum absolute atomic E-state index is 0.164. The quantitative estimate of drug-likeness (QED) is 0.548. The number of imide groups is 1. The van der Waals surface area contributed by atoms with Crippen molar-refractivity contribution in [3.8, 4) is 0 Å². The number of nitrogens with zero attached hydrogens (tertiary/aromatic N) is 2. The van der Waals surface area contributed by atoms with Gasteiger partial charge in [-0.1, -0.05) is 0 Å². The summed E-state index contributed by atoms with van der Waals surface area (Å²) in [6, 6.07) is 2.16. The third kappa shape index (κ3) is 3.92. The molecule has 1 atom stereocenters. The van der Waals surface area contributed by atoms with Gasteiger partial charge in [-0.15, -0.1) is 0 Å². The highest BCUT2D eigenvalue weighted by atomic mass is 32.2. The van der Waals surface area contributed by atoms with Gasteiger partial charge in [-0.2, -0.15) is 0 Å². The van der Waals surface area contributed by atoms with Gasteiger partial charge >= 0.3 is 5.97 Å². The van der Waals surface area contributed by atoms with Gasteiger partial charge in [0.05, 0.1) is 17.2 Å². The maximum Gasteiger partial charge on any atom is 0.329 e. The molecule has 0 aromatic heterocycles. The first-order chi connectivity index (χ1) is 13.3. The van der Waals surface area contributed by atoms with E-state index in [9.17, 15) is 18.8 Å². The number of carbonyl (C=O) groups is 3. The topological polar surface area (TPSA) is 66.9 Å². The zero-order valence-corrected chi connectivity index (χ0v) is 17.0. The number of esters is 1. The summed E-state index contributed by atoms with van der Waals surface area (Å²) in [5.74, 6) is -1.56. The Balaban J connectivity index is 1.85. The molecule has 0 radical (unpaired) electrons. The number of benzene rings is 1. The van der Waals surface area contributed by atoms with Crippen LogP contribution in [0.5, 0.6) is 0 Å². The summed E-state index contributed by atoms with van der Waals surface area (Å²) in [4.78, 5) is 39.9. The number of thioether (sulfide) groups is 1. The highest BCUT2D eigenvalue weighted by molar-refractivity contribution is 8.18. The lowest BCUT2D eigenvalue weighted by Crippen LogP contribution is -2.42. The van der Waals surface area contributed by atoms with Crippen molar-refractivity contribution in [2.75, 3.05) is 24.6 Å². The fourth-order valence-electron chi connectivity index (χ4n) is 3.36. The van der Waals surface area contributed by atoms with E-state index in [0.717, 1.165) is 48.2 Å². The van der Waals surface area contributed by atoms with E-state index < -0.39 is 23.2 Å². The standard InChI is InChI=1S/C20H23FN2O4S/c1-4-27-19(25)13(3)23-18(24)17(28-20(23)26)11-14-10-15(21)16(9-12(14)2)22-7-5-6-8-22/h9-11,13H,4-8H2,1-3H3/b17-11+/t13-/m0/s1. The predicted molar refractivity (Wildman–Crippen MR) is 106 cm³/mol. The fourth-order valence-corrected chi connectivity index (χ4v) is 4.26. The SMILES string of the molecule is CCOC(=O)[C@H](C)N1C(=O)S/C(=C/c2cc(F)c(N3CCCC3)cc2C)C1=O. The summed E-state index contributed by atoms with van der Waals surface area (Å²) < 4.78 is 19.5. The second-order valence-electron chi connectivity index (χ2n) is 6.83. The van der Waals surface area contributed by atoms with Gasteiger partial charge in [-0.3, -0.25) is 14.5 Å². The van der Waals surface area contributed by atoms with Crippen LogP contribution in [0.1, 0.15) is 37.8 Å². The Kier molecular flexibility index (Phi) is 6.07. The molecule has 0 saturated carbocycles. The largest absolute Gasteiger partial charge is 0.464 e. The molecule has 0 spiro atoms. The lowest BCUT2D eigenvalue weighted by Gasteiger charge is -2.20. The van der Waals surface area contributed by atoms with Gasteiger partial charge in [0.15, 0.2) is 0 Å². The predicted octanol–water partition coefficient (Wildman–Crippen LogP) is 3.72. The molecule has 2 amide bonds. The monoisotopic (exact) mass is 406 g/mol. The molecule has 0 N–H and O–H groups in total. The molecule has 0 bridgehead atoms. The molecule has 2 aliphatic rings. The minimum Gasteiger partial charge on any atom is -0.464 e. The molecule has 28 heavy (non-hydrogen) atoms. The van der Waals surface area contributed by atoms with Crippen LogP contribution in [0.15, 0.2) is 17.0 Å². The van der Waals surface area contributed by atoms with Crippen molar-refractivity contribution in [2.24, 2.45) is 0 Å². The van der Waals surface area contributed by atoms with Gasteiger partial charge < -0.3 is 9.64 Å². The van der Waals surface area contributed by atoms with E-state index in [1.165, 1.54) is 19.1 Å². The third-order valence-corrected chi connectivity index (χ3v) is 5.79. The van der Waals surface area contributed by atoms with E-state index in [1.54, 1.807) is 13.0 Å². The van der Waals surface area contributed by atoms with Crippen LogP contribution in [0.2, 0.25) is 0 Å². The third-order valence-electron chi connectivity index (χ3n) is 4.91. The minimum atomic E-state index is -1.01. The molecule has 8 heteroatoms. The van der Waals surface area contributed by atoms with Gasteiger partial charge in [-0.05, 0) is 74.7 Å². The number of anilines is 1. The van der Waals surface area contributed by atoms with Crippen molar-refractivity contribution in [3.63, 3.8) is 0 Å². The average molecular weight is 406 g/mol. The number of rotatable bonds is 5. The van der Waals surface area contributed by atoms with Crippen molar-refractivity contribution in [3.05, 3.63) is 34.0 Å². The van der Waals surface area contributed by atoms with E-state index in [1.807, 2.05) is 11.8 Å². The van der Waals surface area contributed by atoms with Crippen molar-refractivity contribution in [2.45, 2.75) is 39.7 Å². The molecule has 150 valence electrons. The summed E-state index contributed by atoms with van der Waals surface area (Å²) in [7, 11) is 0. The van der Waals surface area contributed by atoms with Crippen molar-refractivity contribution in [1.82, 2.24) is 4.90 Å². The van der Waals surface area contributed by atoms with Gasteiger partial charge in [0, 0.05) is 13.1 Å². The summed E-state index contributed by atoms with van der Waals surface area (Å²) in [6.45, 7) is 6.78. The van der Waals surface area contributed by atoms with Gasteiger partial charge in [-0.25, -0.2) is 9.18 Å². The second kappa shape index (κ2) is 8.34. The Bertz CT molecular complexity index is 849. The zero-order valence-electron chi connectivity index (χ0n) is 16.2. The van der Waals surface area contributed by atoms with Crippen LogP contribution in [-0.4, -0.2) is 47.8 Å². The molecule has 2 aliphatic heterocycles. The highest BCUT2D eigenvalue weighted by Gasteiger charge is 2.41. The smallest absolute Gasteiger partial charge is 0.329 e. The van der Waals surface area contributed by atoms with E-state index in [4.69, 9.17) is 4.74 Å². The molecule has 0 unspecified atom stereocenters. The number of hydrogen-bond acceptors (Lipinski definition) is 6. The number of hydrogen-bond donors (Lipinski definition) is 0. The van der Waals surface area contributed by atoms with Crippen LogP contribution in [-0.2, 0) is 14.3 Å². The lowest BCUT2D eigenvalue weighted by molar-refractivity contribution is -0.150. The normalized spacial score (nSPS) is 19.6. The Labute approximate surface area is 167 Å². The Morgan fingerprint density at radius 2 is 2.00 bits per heavy atom. The van der Waals surface area contributed by atoms with Gasteiger partial charge in [0.25, 0.3) is 11.1 Å². The van der Waals surface area contributed by atoms with Crippen LogP contribution < -0.4 is 4.90 Å². The number of amides is 2. The van der Waals surface area contributed by atoms with E-state index in [2.05, 4.69) is 0 Å². The summed E-state index contributed by atoms with van der Waals surface area (Å²) in [6.07, 6.45) is 3.60. The summed E-state index contributed by atoms with van der Waals surface area (Å²) >= 11 is 0.742. The zero-order chi connectivity index (χ0) is 20.4. The lowest BCUT2D eigenvalue weighted by atomic mass is 10.1. The summed E-state index contributed by atoms with van der Waals surface area (Å²) in [5, 5.41) is -0.538. The molecule has 2 fully saturated rings. The molecule has 2 saturated heterocycles. The van der Waals surface area contributed by atoms with E-state index in [-0.39, 0.29) is 17.3 Å². The Morgan fingerprint density at radius 1 is 1.32 bits per heavy atom. The molecular formula is C20H23FN2O4S. The van der Waals surface area contributed by atoms with Crippen LogP contribution in [0.25, 0.3) is 6.08 Å². The number of carbonyl (C=O) groups excluding carboxylic acids is 3. The van der Waals surface area contributed by atoms with Crippen LogP contribution in [0.3, 0.4) is 0 Å². The maximum absolute atomic E-state index is 14.6. The van der Waals surface area contributed by atoms with Crippen LogP contribution in [0, 0.1) is 12.7 Å². The molecule has 2 heterocycles. The van der Waals surface area contributed by atoms with Crippen LogP contribution >= 0.6 is 11.8 Å². The number of halogens is 1. The molecule has 3 rings (SSSR count). The van der Waals surface area contributed by atoms with Crippen molar-refractivity contribution < 1.29 is 23.5 Å². The molecule has 1 aromatic carbocycles. The molecular weight excluding hydrogens is 383 g/mol. The van der Waals surface area contributed by atoms with E-state index >= 15 is 0 Å². The first-order valence-corrected chi connectivity index (χ1v) is 10.1. The second-order valence-corrected chi connectivity index (χ2v) is 7.83. The Hall–Kier alpha value is -2.35. The molecule has 1 aromatic rings. The van der Waals surface area contributed by atoms with Crippen molar-refractivity contribution >= 4 is 40.6 Å². The van der Waals surface area contributed by atoms with Crippen molar-refractivity contribution in [1.29, 1.82) is 0 Å². The van der Waals surface area contributed by atoms with Gasteiger partial charge in [0.1, 0.15) is 11.9 Å². The average Bonchev–Trinajstić information content (AvgIpc) is 3.26. The van der Waals surface area contributed by atoms with E-state index in [0.29, 0.717) is 11.3 Å². The number of aryl methyl sites for hydroxylation is 1. The van der Waals surface area contributed by atoms with Crippen LogP contribution in [0.4, 0.5) is 14.9 Å². The van der Waals surface area contributed by atoms with Gasteiger partial charge in [0.2, 0.25) is 0 Å². The molecule has 0 aliphatic carbocycles. The fraction of sp³-hybridized carbons (Fsp3) is 0.450. The maximum atomic E-state index is 14.6. The molecule has 6 nitrogen and oxygen atoms in total. The summed E-state index contributed by atoms with van der Waals surface area (Å²) in [5.41, 5.74) is 1.92.